The quantitative estimate of drug-likeness (QED) is 0.653. The lowest BCUT2D eigenvalue weighted by molar-refractivity contribution is -0.121. The summed E-state index contributed by atoms with van der Waals surface area (Å²) in [5.74, 6) is 0.410. The van der Waals surface area contributed by atoms with E-state index in [9.17, 15) is 9.59 Å². The van der Waals surface area contributed by atoms with Crippen LogP contribution >= 0.6 is 24.8 Å². The summed E-state index contributed by atoms with van der Waals surface area (Å²) in [6, 6.07) is 7.24. The van der Waals surface area contributed by atoms with E-state index in [0.717, 1.165) is 37.6 Å². The highest BCUT2D eigenvalue weighted by Crippen LogP contribution is 2.19. The average molecular weight is 419 g/mol. The molecule has 0 saturated carbocycles. The molecule has 1 atom stereocenters. The topological polar surface area (TPSA) is 82.7 Å². The Bertz CT molecular complexity index is 605. The number of nitrogens with one attached hydrogen (secondary N) is 3. The average Bonchev–Trinajstić information content (AvgIpc) is 2.56. The molecule has 0 aliphatic carbocycles. The normalized spacial score (nSPS) is 18.3. The molecule has 2 saturated heterocycles. The monoisotopic (exact) mass is 418 g/mol. The summed E-state index contributed by atoms with van der Waals surface area (Å²) < 4.78 is 5.28. The molecule has 7 nitrogen and oxygen atoms in total. The number of carbonyl (C=O) groups excluding carboxylic acids is 2. The van der Waals surface area contributed by atoms with E-state index in [4.69, 9.17) is 4.74 Å². The second kappa shape index (κ2) is 11.5. The van der Waals surface area contributed by atoms with E-state index in [1.165, 1.54) is 0 Å². The summed E-state index contributed by atoms with van der Waals surface area (Å²) in [5, 5.41) is 9.01. The maximum atomic E-state index is 12.2. The van der Waals surface area contributed by atoms with Crippen LogP contribution in [0.15, 0.2) is 24.3 Å². The van der Waals surface area contributed by atoms with Gasteiger partial charge in [0.15, 0.2) is 0 Å². The summed E-state index contributed by atoms with van der Waals surface area (Å²) in [6.45, 7) is 7.06. The minimum absolute atomic E-state index is 0. The number of morpholine rings is 1. The highest BCUT2D eigenvalue weighted by molar-refractivity contribution is 5.94. The van der Waals surface area contributed by atoms with Gasteiger partial charge < -0.3 is 20.7 Å². The molecule has 9 heteroatoms. The predicted octanol–water partition coefficient (Wildman–Crippen LogP) is 1.59. The van der Waals surface area contributed by atoms with Gasteiger partial charge in [-0.05, 0) is 43.3 Å². The molecular weight excluding hydrogens is 391 g/mol. The summed E-state index contributed by atoms with van der Waals surface area (Å²) in [4.78, 5) is 26.4. The lowest BCUT2D eigenvalue weighted by Gasteiger charge is -2.31. The number of amides is 2. The summed E-state index contributed by atoms with van der Waals surface area (Å²) >= 11 is 0. The molecule has 1 aromatic carbocycles. The van der Waals surface area contributed by atoms with Crippen molar-refractivity contribution in [2.24, 2.45) is 11.8 Å². The first-order valence-electron chi connectivity index (χ1n) is 8.83. The molecule has 2 aliphatic rings. The molecule has 3 N–H and O–H groups in total. The third-order valence-electron chi connectivity index (χ3n) is 4.84. The van der Waals surface area contributed by atoms with Gasteiger partial charge in [-0.3, -0.25) is 14.5 Å². The van der Waals surface area contributed by atoms with Crippen molar-refractivity contribution < 1.29 is 14.3 Å². The summed E-state index contributed by atoms with van der Waals surface area (Å²) in [7, 11) is 0. The first kappa shape index (κ1) is 23.7. The van der Waals surface area contributed by atoms with E-state index in [1.807, 2.05) is 31.2 Å². The molecule has 0 spiro atoms. The zero-order valence-electron chi connectivity index (χ0n) is 15.4. The summed E-state index contributed by atoms with van der Waals surface area (Å²) in [6.07, 6.45) is 0. The van der Waals surface area contributed by atoms with Crippen LogP contribution in [0.3, 0.4) is 0 Å². The second-order valence-electron chi connectivity index (χ2n) is 6.71. The number of nitrogens with zero attached hydrogens (tertiary/aromatic N) is 1. The molecule has 1 unspecified atom stereocenters. The second-order valence-corrected chi connectivity index (χ2v) is 6.71. The van der Waals surface area contributed by atoms with Crippen LogP contribution in [0.1, 0.15) is 6.92 Å². The Labute approximate surface area is 172 Å². The SMILES string of the molecule is CC(C(=O)Nc1ccc(NC(=O)CN2CCOCC2)cc1)C1CNC1.Cl.Cl. The van der Waals surface area contributed by atoms with Crippen LogP contribution in [-0.4, -0.2) is 62.7 Å². The molecule has 2 fully saturated rings. The zero-order chi connectivity index (χ0) is 17.6. The Balaban J connectivity index is 0.00000182. The number of hydrogen-bond acceptors (Lipinski definition) is 5. The number of benzene rings is 1. The third-order valence-corrected chi connectivity index (χ3v) is 4.84. The van der Waals surface area contributed by atoms with Crippen molar-refractivity contribution in [3.05, 3.63) is 24.3 Å². The number of carbonyl (C=O) groups is 2. The van der Waals surface area contributed by atoms with Crippen molar-refractivity contribution in [1.82, 2.24) is 10.2 Å². The Morgan fingerprint density at radius 1 is 1.11 bits per heavy atom. The molecule has 0 radical (unpaired) electrons. The number of rotatable bonds is 6. The van der Waals surface area contributed by atoms with Crippen LogP contribution in [0, 0.1) is 11.8 Å². The van der Waals surface area contributed by atoms with Crippen LogP contribution in [0.4, 0.5) is 11.4 Å². The summed E-state index contributed by atoms with van der Waals surface area (Å²) in [5.41, 5.74) is 1.47. The van der Waals surface area contributed by atoms with Gasteiger partial charge >= 0.3 is 0 Å². The molecule has 2 heterocycles. The molecule has 2 aliphatic heterocycles. The largest absolute Gasteiger partial charge is 0.379 e. The van der Waals surface area contributed by atoms with Crippen LogP contribution in [0.5, 0.6) is 0 Å². The van der Waals surface area contributed by atoms with E-state index >= 15 is 0 Å². The Kier molecular flexibility index (Phi) is 10.0. The lowest BCUT2D eigenvalue weighted by Crippen LogP contribution is -2.48. The van der Waals surface area contributed by atoms with Crippen molar-refractivity contribution in [3.8, 4) is 0 Å². The van der Waals surface area contributed by atoms with Gasteiger partial charge in [0.1, 0.15) is 0 Å². The highest BCUT2D eigenvalue weighted by Gasteiger charge is 2.28. The molecule has 1 aromatic rings. The van der Waals surface area contributed by atoms with Crippen LogP contribution in [0.2, 0.25) is 0 Å². The Hall–Kier alpha value is -1.38. The number of halogens is 2. The molecule has 2 amide bonds. The van der Waals surface area contributed by atoms with Crippen molar-refractivity contribution in [3.63, 3.8) is 0 Å². The van der Waals surface area contributed by atoms with Crippen molar-refractivity contribution in [2.45, 2.75) is 6.92 Å². The van der Waals surface area contributed by atoms with Crippen LogP contribution < -0.4 is 16.0 Å². The Morgan fingerprint density at radius 3 is 2.19 bits per heavy atom. The van der Waals surface area contributed by atoms with Crippen LogP contribution in [0.25, 0.3) is 0 Å². The molecule has 3 rings (SSSR count). The van der Waals surface area contributed by atoms with Crippen molar-refractivity contribution in [1.29, 1.82) is 0 Å². The molecule has 152 valence electrons. The standard InChI is InChI=1S/C18H26N4O3.2ClH/c1-13(14-10-19-11-14)18(24)21-16-4-2-15(3-5-16)20-17(23)12-22-6-8-25-9-7-22;;/h2-5,13-14,19H,6-12H2,1H3,(H,20,23)(H,21,24);2*1H. The fraction of sp³-hybridized carbons (Fsp3) is 0.556. The number of hydrogen-bond donors (Lipinski definition) is 3. The highest BCUT2D eigenvalue weighted by atomic mass is 35.5. The molecule has 0 bridgehead atoms. The first-order valence-corrected chi connectivity index (χ1v) is 8.83. The van der Waals surface area contributed by atoms with E-state index in [2.05, 4.69) is 20.9 Å². The van der Waals surface area contributed by atoms with E-state index in [1.54, 1.807) is 0 Å². The van der Waals surface area contributed by atoms with Gasteiger partial charge in [0.2, 0.25) is 11.8 Å². The first-order chi connectivity index (χ1) is 12.1. The van der Waals surface area contributed by atoms with Gasteiger partial charge in [0, 0.05) is 30.4 Å². The van der Waals surface area contributed by atoms with Gasteiger partial charge in [-0.15, -0.1) is 24.8 Å². The minimum Gasteiger partial charge on any atom is -0.379 e. The number of anilines is 2. The van der Waals surface area contributed by atoms with E-state index < -0.39 is 0 Å². The fourth-order valence-electron chi connectivity index (χ4n) is 2.93. The zero-order valence-corrected chi connectivity index (χ0v) is 17.0. The van der Waals surface area contributed by atoms with Crippen molar-refractivity contribution >= 4 is 48.0 Å². The minimum atomic E-state index is -0.0372. The van der Waals surface area contributed by atoms with Gasteiger partial charge in [0.25, 0.3) is 0 Å². The number of ether oxygens (including phenoxy) is 1. The van der Waals surface area contributed by atoms with E-state index in [-0.39, 0.29) is 42.5 Å². The molecule has 0 aromatic heterocycles. The molecule has 27 heavy (non-hydrogen) atoms. The van der Waals surface area contributed by atoms with E-state index in [0.29, 0.717) is 25.7 Å². The van der Waals surface area contributed by atoms with Gasteiger partial charge in [0.05, 0.1) is 19.8 Å². The lowest BCUT2D eigenvalue weighted by atomic mass is 9.88. The van der Waals surface area contributed by atoms with Crippen molar-refractivity contribution in [2.75, 3.05) is 56.6 Å². The Morgan fingerprint density at radius 2 is 1.67 bits per heavy atom. The van der Waals surface area contributed by atoms with Gasteiger partial charge in [-0.2, -0.15) is 0 Å². The predicted molar refractivity (Wildman–Crippen MR) is 111 cm³/mol. The van der Waals surface area contributed by atoms with Gasteiger partial charge in [-0.1, -0.05) is 6.92 Å². The smallest absolute Gasteiger partial charge is 0.238 e. The molecular formula is C18H28Cl2N4O3. The maximum Gasteiger partial charge on any atom is 0.238 e. The fourth-order valence-corrected chi connectivity index (χ4v) is 2.93. The third kappa shape index (κ3) is 6.93. The maximum absolute atomic E-state index is 12.2. The van der Waals surface area contributed by atoms with Crippen LogP contribution in [-0.2, 0) is 14.3 Å². The van der Waals surface area contributed by atoms with Gasteiger partial charge in [-0.25, -0.2) is 0 Å².